The summed E-state index contributed by atoms with van der Waals surface area (Å²) in [5.41, 5.74) is 8.36. The molecule has 0 spiro atoms. The Morgan fingerprint density at radius 1 is 1.56 bits per heavy atom. The number of aromatic amines is 1. The first-order valence-electron chi connectivity index (χ1n) is 5.55. The molecular weight excluding hydrogens is 218 g/mol. The highest BCUT2D eigenvalue weighted by Gasteiger charge is 2.16. The monoisotopic (exact) mass is 235 g/mol. The minimum atomic E-state index is -0.00242. The summed E-state index contributed by atoms with van der Waals surface area (Å²) in [5.74, 6) is 1.33. The fraction of sp³-hybridized carbons (Fsp3) is 0.417. The zero-order chi connectivity index (χ0) is 11.5. The second kappa shape index (κ2) is 4.80. The largest absolute Gasteiger partial charge is 0.341 e. The molecule has 3 N–H and O–H groups in total. The second-order valence-corrected chi connectivity index (χ2v) is 4.89. The molecule has 2 heterocycles. The number of imidazole rings is 1. The van der Waals surface area contributed by atoms with Gasteiger partial charge in [0, 0.05) is 10.9 Å². The van der Waals surface area contributed by atoms with E-state index in [1.165, 1.54) is 5.56 Å². The molecule has 2 aromatic rings. The van der Waals surface area contributed by atoms with Crippen LogP contribution in [0.3, 0.4) is 0 Å². The second-order valence-electron chi connectivity index (χ2n) is 4.11. The van der Waals surface area contributed by atoms with Gasteiger partial charge in [0.15, 0.2) is 0 Å². The van der Waals surface area contributed by atoms with Crippen molar-refractivity contribution in [2.24, 2.45) is 11.7 Å². The lowest BCUT2D eigenvalue weighted by Gasteiger charge is -2.15. The first-order valence-corrected chi connectivity index (χ1v) is 6.49. The van der Waals surface area contributed by atoms with Gasteiger partial charge in [0.2, 0.25) is 0 Å². The molecule has 2 unspecified atom stereocenters. The van der Waals surface area contributed by atoms with Crippen molar-refractivity contribution < 1.29 is 0 Å². The van der Waals surface area contributed by atoms with Crippen LogP contribution in [0.5, 0.6) is 0 Å². The van der Waals surface area contributed by atoms with Gasteiger partial charge in [-0.15, -0.1) is 0 Å². The van der Waals surface area contributed by atoms with Crippen LogP contribution in [0.2, 0.25) is 0 Å². The summed E-state index contributed by atoms with van der Waals surface area (Å²) in [6, 6.07) is 2.08. The fourth-order valence-corrected chi connectivity index (χ4v) is 2.25. The molecule has 0 saturated carbocycles. The predicted molar refractivity (Wildman–Crippen MR) is 68.3 cm³/mol. The topological polar surface area (TPSA) is 54.7 Å². The molecule has 0 aliphatic carbocycles. The standard InChI is InChI=1S/C12H17N3S/c1-3-8(2)11(13)12-14-6-10(15-12)9-4-5-16-7-9/h4-8,11H,3,13H2,1-2H3,(H,14,15). The van der Waals surface area contributed by atoms with Gasteiger partial charge in [-0.25, -0.2) is 4.98 Å². The molecule has 0 aliphatic heterocycles. The van der Waals surface area contributed by atoms with Gasteiger partial charge >= 0.3 is 0 Å². The van der Waals surface area contributed by atoms with Crippen molar-refractivity contribution in [1.29, 1.82) is 0 Å². The van der Waals surface area contributed by atoms with E-state index in [1.54, 1.807) is 11.3 Å². The summed E-state index contributed by atoms with van der Waals surface area (Å²) in [6.07, 6.45) is 2.93. The lowest BCUT2D eigenvalue weighted by molar-refractivity contribution is 0.441. The number of hydrogen-bond donors (Lipinski definition) is 2. The van der Waals surface area contributed by atoms with Gasteiger partial charge in [0.25, 0.3) is 0 Å². The number of nitrogens with zero attached hydrogens (tertiary/aromatic N) is 1. The highest BCUT2D eigenvalue weighted by molar-refractivity contribution is 7.08. The van der Waals surface area contributed by atoms with Crippen molar-refractivity contribution in [2.45, 2.75) is 26.3 Å². The SMILES string of the molecule is CCC(C)C(N)c1ncc(-c2ccsc2)[nH]1. The van der Waals surface area contributed by atoms with Crippen molar-refractivity contribution in [3.63, 3.8) is 0 Å². The quantitative estimate of drug-likeness (QED) is 0.855. The summed E-state index contributed by atoms with van der Waals surface area (Å²) in [5, 5.41) is 4.16. The van der Waals surface area contributed by atoms with Crippen LogP contribution in [0, 0.1) is 5.92 Å². The molecule has 0 radical (unpaired) electrons. The lowest BCUT2D eigenvalue weighted by Crippen LogP contribution is -2.19. The number of nitrogens with one attached hydrogen (secondary N) is 1. The Morgan fingerprint density at radius 3 is 3.00 bits per heavy atom. The van der Waals surface area contributed by atoms with E-state index in [2.05, 4.69) is 40.6 Å². The first-order chi connectivity index (χ1) is 7.72. The van der Waals surface area contributed by atoms with Crippen LogP contribution in [0.1, 0.15) is 32.1 Å². The molecule has 4 heteroatoms. The molecule has 16 heavy (non-hydrogen) atoms. The van der Waals surface area contributed by atoms with Crippen LogP contribution < -0.4 is 5.73 Å². The Bertz CT molecular complexity index is 433. The van der Waals surface area contributed by atoms with Crippen molar-refractivity contribution in [2.75, 3.05) is 0 Å². The number of aromatic nitrogens is 2. The van der Waals surface area contributed by atoms with E-state index >= 15 is 0 Å². The lowest BCUT2D eigenvalue weighted by atomic mass is 10.00. The summed E-state index contributed by atoms with van der Waals surface area (Å²) >= 11 is 1.68. The summed E-state index contributed by atoms with van der Waals surface area (Å²) in [7, 11) is 0. The molecule has 0 saturated heterocycles. The number of rotatable bonds is 4. The average molecular weight is 235 g/mol. The normalized spacial score (nSPS) is 14.9. The van der Waals surface area contributed by atoms with Gasteiger partial charge in [0.05, 0.1) is 17.9 Å². The molecule has 0 fully saturated rings. The third kappa shape index (κ3) is 2.18. The number of hydrogen-bond acceptors (Lipinski definition) is 3. The van der Waals surface area contributed by atoms with E-state index in [0.717, 1.165) is 17.9 Å². The van der Waals surface area contributed by atoms with Crippen molar-refractivity contribution >= 4 is 11.3 Å². The maximum atomic E-state index is 6.12. The van der Waals surface area contributed by atoms with Gasteiger partial charge in [0.1, 0.15) is 5.82 Å². The summed E-state index contributed by atoms with van der Waals surface area (Å²) in [6.45, 7) is 4.30. The molecule has 2 atom stereocenters. The predicted octanol–water partition coefficient (Wildman–Crippen LogP) is 3.18. The molecule has 0 aromatic carbocycles. The van der Waals surface area contributed by atoms with E-state index < -0.39 is 0 Å². The van der Waals surface area contributed by atoms with Gasteiger partial charge in [-0.3, -0.25) is 0 Å². The van der Waals surface area contributed by atoms with Crippen LogP contribution in [0.25, 0.3) is 11.3 Å². The Hall–Kier alpha value is -1.13. The van der Waals surface area contributed by atoms with Gasteiger partial charge in [-0.1, -0.05) is 20.3 Å². The third-order valence-corrected chi connectivity index (χ3v) is 3.68. The van der Waals surface area contributed by atoms with Gasteiger partial charge in [-0.05, 0) is 17.4 Å². The maximum absolute atomic E-state index is 6.12. The fourth-order valence-electron chi connectivity index (χ4n) is 1.59. The summed E-state index contributed by atoms with van der Waals surface area (Å²) in [4.78, 5) is 7.67. The minimum absolute atomic E-state index is 0.00242. The van der Waals surface area contributed by atoms with Crippen LogP contribution in [0.15, 0.2) is 23.0 Å². The molecule has 3 nitrogen and oxygen atoms in total. The highest BCUT2D eigenvalue weighted by Crippen LogP contribution is 2.24. The Morgan fingerprint density at radius 2 is 2.38 bits per heavy atom. The zero-order valence-corrected chi connectivity index (χ0v) is 10.4. The minimum Gasteiger partial charge on any atom is -0.341 e. The molecular formula is C12H17N3S. The molecule has 86 valence electrons. The van der Waals surface area contributed by atoms with Gasteiger partial charge < -0.3 is 10.7 Å². The van der Waals surface area contributed by atoms with Crippen molar-refractivity contribution in [1.82, 2.24) is 9.97 Å². The van der Waals surface area contributed by atoms with E-state index in [4.69, 9.17) is 5.73 Å². The Labute approximate surface area is 99.7 Å². The van der Waals surface area contributed by atoms with Crippen LogP contribution in [-0.4, -0.2) is 9.97 Å². The first kappa shape index (κ1) is 11.4. The number of thiophene rings is 1. The summed E-state index contributed by atoms with van der Waals surface area (Å²) < 4.78 is 0. The van der Waals surface area contributed by atoms with Crippen molar-refractivity contribution in [3.8, 4) is 11.3 Å². The Kier molecular flexibility index (Phi) is 3.41. The van der Waals surface area contributed by atoms with Gasteiger partial charge in [-0.2, -0.15) is 11.3 Å². The molecule has 2 aromatic heterocycles. The van der Waals surface area contributed by atoms with Crippen LogP contribution in [0.4, 0.5) is 0 Å². The molecule has 0 bridgehead atoms. The van der Waals surface area contributed by atoms with E-state index in [1.807, 2.05) is 6.20 Å². The van der Waals surface area contributed by atoms with E-state index in [0.29, 0.717) is 5.92 Å². The van der Waals surface area contributed by atoms with E-state index in [9.17, 15) is 0 Å². The average Bonchev–Trinajstić information content (AvgIpc) is 2.96. The van der Waals surface area contributed by atoms with Crippen LogP contribution >= 0.6 is 11.3 Å². The molecule has 2 rings (SSSR count). The number of H-pyrrole nitrogens is 1. The molecule has 0 aliphatic rings. The molecule has 0 amide bonds. The van der Waals surface area contributed by atoms with E-state index in [-0.39, 0.29) is 6.04 Å². The Balaban J connectivity index is 2.20. The van der Waals surface area contributed by atoms with Crippen LogP contribution in [-0.2, 0) is 0 Å². The smallest absolute Gasteiger partial charge is 0.123 e. The van der Waals surface area contributed by atoms with Crippen molar-refractivity contribution in [3.05, 3.63) is 28.8 Å². The number of nitrogens with two attached hydrogens (primary N) is 1. The third-order valence-electron chi connectivity index (χ3n) is 3.00. The maximum Gasteiger partial charge on any atom is 0.123 e. The zero-order valence-electron chi connectivity index (χ0n) is 9.60. The highest BCUT2D eigenvalue weighted by atomic mass is 32.1.